The van der Waals surface area contributed by atoms with Gasteiger partial charge in [0.2, 0.25) is 5.91 Å². The maximum atomic E-state index is 13.3. The lowest BCUT2D eigenvalue weighted by Gasteiger charge is -2.30. The zero-order chi connectivity index (χ0) is 18.7. The molecule has 0 bridgehead atoms. The molecule has 0 radical (unpaired) electrons. The molecule has 3 rings (SSSR count). The molecule has 1 aliphatic heterocycles. The van der Waals surface area contributed by atoms with Crippen LogP contribution in [0.2, 0.25) is 0 Å². The molecule has 1 aromatic heterocycles. The molecule has 2 amide bonds. The number of rotatable bonds is 4. The number of carbonyl (C=O) groups is 2. The van der Waals surface area contributed by atoms with E-state index < -0.39 is 6.04 Å². The van der Waals surface area contributed by atoms with E-state index in [1.54, 1.807) is 17.0 Å². The van der Waals surface area contributed by atoms with Crippen LogP contribution >= 0.6 is 0 Å². The fourth-order valence-corrected chi connectivity index (χ4v) is 3.25. The van der Waals surface area contributed by atoms with Gasteiger partial charge in [0.1, 0.15) is 6.04 Å². The van der Waals surface area contributed by atoms with Gasteiger partial charge < -0.3 is 19.5 Å². The maximum absolute atomic E-state index is 13.3. The molecule has 1 aromatic carbocycles. The third-order valence-electron chi connectivity index (χ3n) is 4.69. The second kappa shape index (κ2) is 7.64. The third kappa shape index (κ3) is 3.59. The summed E-state index contributed by atoms with van der Waals surface area (Å²) >= 11 is 0. The topological polar surface area (TPSA) is 65.8 Å². The molecule has 0 saturated heterocycles. The van der Waals surface area contributed by atoms with E-state index in [1.165, 1.54) is 6.26 Å². The third-order valence-corrected chi connectivity index (χ3v) is 4.69. The van der Waals surface area contributed by atoms with Crippen LogP contribution < -0.4 is 15.1 Å². The largest absolute Gasteiger partial charge is 0.459 e. The highest BCUT2D eigenvalue weighted by Gasteiger charge is 2.32. The first-order chi connectivity index (χ1) is 12.5. The smallest absolute Gasteiger partial charge is 0.287 e. The standard InChI is InChI=1S/C20H25N3O3/c1-14(2)18(21-19(24)17-10-6-13-26-17)20(25)23-12-7-11-22(3)15-8-4-5-9-16(15)23/h4-6,8-10,13-14,18H,7,11-12H2,1-3H3,(H,21,24). The van der Waals surface area contributed by atoms with E-state index in [-0.39, 0.29) is 23.5 Å². The molecule has 1 N–H and O–H groups in total. The van der Waals surface area contributed by atoms with Crippen LogP contribution in [0.4, 0.5) is 11.4 Å². The molecule has 6 nitrogen and oxygen atoms in total. The number of hydrogen-bond donors (Lipinski definition) is 1. The lowest BCUT2D eigenvalue weighted by atomic mass is 10.0. The first-order valence-corrected chi connectivity index (χ1v) is 8.95. The van der Waals surface area contributed by atoms with Gasteiger partial charge in [-0.1, -0.05) is 26.0 Å². The van der Waals surface area contributed by atoms with E-state index in [1.807, 2.05) is 45.2 Å². The Morgan fingerprint density at radius 1 is 1.08 bits per heavy atom. The highest BCUT2D eigenvalue weighted by Crippen LogP contribution is 2.32. The van der Waals surface area contributed by atoms with Crippen molar-refractivity contribution in [3.05, 3.63) is 48.4 Å². The molecule has 6 heteroatoms. The molecule has 0 fully saturated rings. The number of fused-ring (bicyclic) bond motifs is 1. The SMILES string of the molecule is CC(C)C(NC(=O)c1ccco1)C(=O)N1CCCN(C)c2ccccc21. The summed E-state index contributed by atoms with van der Waals surface area (Å²) in [5, 5.41) is 2.84. The Morgan fingerprint density at radius 2 is 1.81 bits per heavy atom. The second-order valence-corrected chi connectivity index (χ2v) is 6.93. The molecule has 0 aliphatic carbocycles. The Labute approximate surface area is 153 Å². The van der Waals surface area contributed by atoms with Crippen molar-refractivity contribution in [2.45, 2.75) is 26.3 Å². The Balaban J connectivity index is 1.87. The molecule has 26 heavy (non-hydrogen) atoms. The van der Waals surface area contributed by atoms with Gasteiger partial charge in [0.15, 0.2) is 5.76 Å². The van der Waals surface area contributed by atoms with E-state index in [0.29, 0.717) is 6.54 Å². The van der Waals surface area contributed by atoms with Crippen molar-refractivity contribution < 1.29 is 14.0 Å². The average Bonchev–Trinajstić information content (AvgIpc) is 3.11. The van der Waals surface area contributed by atoms with Crippen LogP contribution in [0.15, 0.2) is 47.1 Å². The number of carbonyl (C=O) groups excluding carboxylic acids is 2. The monoisotopic (exact) mass is 355 g/mol. The van der Waals surface area contributed by atoms with Gasteiger partial charge in [-0.2, -0.15) is 0 Å². The Bertz CT molecular complexity index is 770. The Morgan fingerprint density at radius 3 is 2.46 bits per heavy atom. The highest BCUT2D eigenvalue weighted by molar-refractivity contribution is 6.03. The van der Waals surface area contributed by atoms with Gasteiger partial charge in [0.25, 0.3) is 5.91 Å². The summed E-state index contributed by atoms with van der Waals surface area (Å²) in [4.78, 5) is 29.7. The number of amides is 2. The first kappa shape index (κ1) is 18.0. The average molecular weight is 355 g/mol. The van der Waals surface area contributed by atoms with Crippen LogP contribution in [0.3, 0.4) is 0 Å². The number of nitrogens with one attached hydrogen (secondary N) is 1. The fraction of sp³-hybridized carbons (Fsp3) is 0.400. The fourth-order valence-electron chi connectivity index (χ4n) is 3.25. The van der Waals surface area contributed by atoms with Gasteiger partial charge in [-0.25, -0.2) is 0 Å². The molecule has 1 unspecified atom stereocenters. The normalized spacial score (nSPS) is 15.4. The molecule has 0 saturated carbocycles. The van der Waals surface area contributed by atoms with Crippen molar-refractivity contribution in [1.29, 1.82) is 0 Å². The molecular formula is C20H25N3O3. The predicted molar refractivity (Wildman–Crippen MR) is 101 cm³/mol. The number of hydrogen-bond acceptors (Lipinski definition) is 4. The van der Waals surface area contributed by atoms with Crippen molar-refractivity contribution in [2.24, 2.45) is 5.92 Å². The quantitative estimate of drug-likeness (QED) is 0.916. The minimum absolute atomic E-state index is 0.0467. The van der Waals surface area contributed by atoms with Crippen molar-refractivity contribution in [2.75, 3.05) is 29.9 Å². The second-order valence-electron chi connectivity index (χ2n) is 6.93. The van der Waals surface area contributed by atoms with E-state index in [9.17, 15) is 9.59 Å². The van der Waals surface area contributed by atoms with Gasteiger partial charge >= 0.3 is 0 Å². The van der Waals surface area contributed by atoms with Gasteiger partial charge in [0, 0.05) is 20.1 Å². The van der Waals surface area contributed by atoms with Crippen LogP contribution in [-0.2, 0) is 4.79 Å². The maximum Gasteiger partial charge on any atom is 0.287 e. The number of para-hydroxylation sites is 2. The van der Waals surface area contributed by atoms with Gasteiger partial charge in [0.05, 0.1) is 17.6 Å². The molecule has 0 spiro atoms. The van der Waals surface area contributed by atoms with Crippen molar-refractivity contribution in [3.63, 3.8) is 0 Å². The van der Waals surface area contributed by atoms with E-state index in [4.69, 9.17) is 4.42 Å². The van der Waals surface area contributed by atoms with Crippen LogP contribution in [0.25, 0.3) is 0 Å². The van der Waals surface area contributed by atoms with Crippen LogP contribution in [-0.4, -0.2) is 38.0 Å². The van der Waals surface area contributed by atoms with Crippen molar-refractivity contribution in [3.8, 4) is 0 Å². The number of benzene rings is 1. The summed E-state index contributed by atoms with van der Waals surface area (Å²) in [6, 6.07) is 10.5. The Kier molecular flexibility index (Phi) is 5.30. The Hall–Kier alpha value is -2.76. The summed E-state index contributed by atoms with van der Waals surface area (Å²) in [6.45, 7) is 5.37. The summed E-state index contributed by atoms with van der Waals surface area (Å²) in [7, 11) is 2.03. The minimum atomic E-state index is -0.621. The number of anilines is 2. The molecule has 2 aromatic rings. The molecule has 138 valence electrons. The summed E-state index contributed by atoms with van der Waals surface area (Å²) in [5.74, 6) is -0.307. The predicted octanol–water partition coefficient (Wildman–Crippen LogP) is 2.91. The van der Waals surface area contributed by atoms with E-state index in [2.05, 4.69) is 10.2 Å². The van der Waals surface area contributed by atoms with Crippen molar-refractivity contribution in [1.82, 2.24) is 5.32 Å². The van der Waals surface area contributed by atoms with Crippen LogP contribution in [0.5, 0.6) is 0 Å². The molecule has 2 heterocycles. The number of furan rings is 1. The van der Waals surface area contributed by atoms with Crippen LogP contribution in [0.1, 0.15) is 30.8 Å². The molecule has 1 atom stereocenters. The lowest BCUT2D eigenvalue weighted by molar-refractivity contribution is -0.121. The van der Waals surface area contributed by atoms with Crippen LogP contribution in [0, 0.1) is 5.92 Å². The van der Waals surface area contributed by atoms with Gasteiger partial charge in [-0.3, -0.25) is 9.59 Å². The lowest BCUT2D eigenvalue weighted by Crippen LogP contribution is -2.51. The summed E-state index contributed by atoms with van der Waals surface area (Å²) < 4.78 is 5.15. The first-order valence-electron chi connectivity index (χ1n) is 8.95. The van der Waals surface area contributed by atoms with Crippen molar-refractivity contribution >= 4 is 23.2 Å². The zero-order valence-electron chi connectivity index (χ0n) is 15.4. The highest BCUT2D eigenvalue weighted by atomic mass is 16.3. The number of nitrogens with zero attached hydrogens (tertiary/aromatic N) is 2. The minimum Gasteiger partial charge on any atom is -0.459 e. The van der Waals surface area contributed by atoms with Gasteiger partial charge in [-0.15, -0.1) is 0 Å². The van der Waals surface area contributed by atoms with E-state index >= 15 is 0 Å². The van der Waals surface area contributed by atoms with E-state index in [0.717, 1.165) is 24.3 Å². The summed E-state index contributed by atoms with van der Waals surface area (Å²) in [5.41, 5.74) is 1.91. The summed E-state index contributed by atoms with van der Waals surface area (Å²) in [6.07, 6.45) is 2.32. The molecule has 1 aliphatic rings. The van der Waals surface area contributed by atoms with Gasteiger partial charge in [-0.05, 0) is 36.6 Å². The molecular weight excluding hydrogens is 330 g/mol. The zero-order valence-corrected chi connectivity index (χ0v) is 15.4.